The van der Waals surface area contributed by atoms with Crippen LogP contribution in [0.5, 0.6) is 0 Å². The minimum absolute atomic E-state index is 0.0320. The first-order chi connectivity index (χ1) is 11.2. The van der Waals surface area contributed by atoms with Gasteiger partial charge in [0.25, 0.3) is 0 Å². The van der Waals surface area contributed by atoms with Crippen LogP contribution in [0.15, 0.2) is 41.0 Å². The molecule has 1 aromatic heterocycles. The van der Waals surface area contributed by atoms with Crippen LogP contribution in [0.2, 0.25) is 0 Å². The number of nitrogens with one attached hydrogen (secondary N) is 3. The van der Waals surface area contributed by atoms with E-state index in [2.05, 4.69) is 20.5 Å². The van der Waals surface area contributed by atoms with Crippen molar-refractivity contribution in [2.75, 3.05) is 19.6 Å². The fourth-order valence-electron chi connectivity index (χ4n) is 3.47. The van der Waals surface area contributed by atoms with Crippen molar-refractivity contribution in [3.8, 4) is 0 Å². The number of carbonyl (C=O) groups is 1. The largest absolute Gasteiger partial charge is 0.372 e. The number of H-pyrrole nitrogens is 1. The van der Waals surface area contributed by atoms with Gasteiger partial charge in [-0.2, -0.15) is 0 Å². The summed E-state index contributed by atoms with van der Waals surface area (Å²) >= 11 is 0. The van der Waals surface area contributed by atoms with Crippen molar-refractivity contribution in [1.82, 2.24) is 25.1 Å². The van der Waals surface area contributed by atoms with Crippen LogP contribution in [-0.4, -0.2) is 40.1 Å². The maximum atomic E-state index is 12.3. The highest BCUT2D eigenvalue weighted by molar-refractivity contribution is 5.76. The van der Waals surface area contributed by atoms with Crippen molar-refractivity contribution in [2.45, 2.75) is 18.9 Å². The number of carbonyl (C=O) groups excluding carboxylic acids is 1. The number of hydrogen-bond donors (Lipinski definition) is 3. The smallest absolute Gasteiger partial charge is 0.326 e. The lowest BCUT2D eigenvalue weighted by atomic mass is 10.0. The first-order valence-electron chi connectivity index (χ1n) is 7.90. The Morgan fingerprint density at radius 2 is 1.87 bits per heavy atom. The number of amides is 2. The number of para-hydroxylation sites is 2. The predicted octanol–water partition coefficient (Wildman–Crippen LogP) is 1.12. The molecule has 0 saturated carbocycles. The molecule has 2 amide bonds. The Morgan fingerprint density at radius 3 is 2.61 bits per heavy atom. The summed E-state index contributed by atoms with van der Waals surface area (Å²) in [6.45, 7) is 2.31. The summed E-state index contributed by atoms with van der Waals surface area (Å²) in [5.41, 5.74) is 2.92. The van der Waals surface area contributed by atoms with Crippen LogP contribution in [-0.2, 0) is 0 Å². The molecule has 7 nitrogen and oxygen atoms in total. The van der Waals surface area contributed by atoms with Crippen LogP contribution in [0, 0.1) is 0 Å². The van der Waals surface area contributed by atoms with Crippen LogP contribution in [0.4, 0.5) is 4.79 Å². The molecule has 120 valence electrons. The number of imidazole rings is 1. The molecule has 0 spiro atoms. The first kappa shape index (κ1) is 13.9. The Hall–Kier alpha value is -2.70. The van der Waals surface area contributed by atoms with Gasteiger partial charge in [-0.05, 0) is 25.0 Å². The summed E-state index contributed by atoms with van der Waals surface area (Å²) in [5, 5.41) is 5.47. The Bertz CT molecular complexity index is 826. The second-order valence-electron chi connectivity index (χ2n) is 6.00. The highest BCUT2D eigenvalue weighted by atomic mass is 16.2. The number of hydrogen-bond acceptors (Lipinski definition) is 3. The van der Waals surface area contributed by atoms with Gasteiger partial charge in [0.2, 0.25) is 0 Å². The zero-order valence-electron chi connectivity index (χ0n) is 12.7. The second kappa shape index (κ2) is 5.49. The minimum atomic E-state index is -0.158. The van der Waals surface area contributed by atoms with Crippen molar-refractivity contribution < 1.29 is 4.79 Å². The quantitative estimate of drug-likeness (QED) is 0.777. The van der Waals surface area contributed by atoms with Crippen molar-refractivity contribution in [2.24, 2.45) is 0 Å². The molecule has 1 saturated heterocycles. The molecule has 3 N–H and O–H groups in total. The van der Waals surface area contributed by atoms with Gasteiger partial charge in [0.05, 0.1) is 17.6 Å². The molecule has 0 unspecified atom stereocenters. The summed E-state index contributed by atoms with van der Waals surface area (Å²) in [6.07, 6.45) is 3.59. The van der Waals surface area contributed by atoms with Gasteiger partial charge in [-0.25, -0.2) is 9.59 Å². The number of rotatable bonds is 2. The topological polar surface area (TPSA) is 82.2 Å². The van der Waals surface area contributed by atoms with E-state index in [4.69, 9.17) is 0 Å². The van der Waals surface area contributed by atoms with E-state index >= 15 is 0 Å². The molecule has 0 bridgehead atoms. The van der Waals surface area contributed by atoms with E-state index in [1.807, 2.05) is 28.8 Å². The zero-order chi connectivity index (χ0) is 15.8. The third kappa shape index (κ3) is 2.48. The molecule has 4 rings (SSSR count). The van der Waals surface area contributed by atoms with Gasteiger partial charge in [-0.3, -0.25) is 4.57 Å². The normalized spacial score (nSPS) is 19.4. The van der Waals surface area contributed by atoms with E-state index in [0.29, 0.717) is 6.54 Å². The van der Waals surface area contributed by atoms with Gasteiger partial charge in [0.15, 0.2) is 0 Å². The number of likely N-dealkylation sites (tertiary alicyclic amines) is 1. The Morgan fingerprint density at radius 1 is 1.09 bits per heavy atom. The van der Waals surface area contributed by atoms with E-state index < -0.39 is 0 Å². The molecule has 1 aromatic carbocycles. The number of nitrogens with zero attached hydrogens (tertiary/aromatic N) is 2. The van der Waals surface area contributed by atoms with E-state index in [0.717, 1.165) is 42.7 Å². The van der Waals surface area contributed by atoms with E-state index in [-0.39, 0.29) is 17.8 Å². The van der Waals surface area contributed by atoms with Gasteiger partial charge >= 0.3 is 11.7 Å². The maximum Gasteiger partial charge on any atom is 0.326 e. The number of aromatic amines is 1. The molecule has 0 atom stereocenters. The molecular weight excluding hydrogens is 294 g/mol. The number of piperidine rings is 1. The fourth-order valence-corrected chi connectivity index (χ4v) is 3.47. The molecule has 2 aromatic rings. The molecule has 2 aliphatic heterocycles. The molecule has 0 radical (unpaired) electrons. The number of urea groups is 1. The van der Waals surface area contributed by atoms with Crippen molar-refractivity contribution in [3.05, 3.63) is 46.6 Å². The maximum absolute atomic E-state index is 12.3. The SMILES string of the molecule is O=C1NC=C(N2CCC(n3c(=O)[nH]c4ccccc43)CC2)CN1. The molecule has 2 aliphatic rings. The molecule has 1 fully saturated rings. The summed E-state index contributed by atoms with van der Waals surface area (Å²) in [6, 6.07) is 7.87. The third-order valence-electron chi connectivity index (χ3n) is 4.66. The molecule has 0 aliphatic carbocycles. The minimum Gasteiger partial charge on any atom is -0.372 e. The third-order valence-corrected chi connectivity index (χ3v) is 4.66. The molecule has 7 heteroatoms. The summed E-state index contributed by atoms with van der Waals surface area (Å²) < 4.78 is 1.89. The number of benzene rings is 1. The summed E-state index contributed by atoms with van der Waals surface area (Å²) in [5.74, 6) is 0. The summed E-state index contributed by atoms with van der Waals surface area (Å²) in [7, 11) is 0. The number of aromatic nitrogens is 2. The van der Waals surface area contributed by atoms with E-state index in [1.165, 1.54) is 0 Å². The summed E-state index contributed by atoms with van der Waals surface area (Å²) in [4.78, 5) is 28.6. The van der Waals surface area contributed by atoms with Gasteiger partial charge in [-0.1, -0.05) is 12.1 Å². The van der Waals surface area contributed by atoms with Crippen molar-refractivity contribution in [1.29, 1.82) is 0 Å². The predicted molar refractivity (Wildman–Crippen MR) is 87.0 cm³/mol. The average Bonchev–Trinajstić information content (AvgIpc) is 2.91. The van der Waals surface area contributed by atoms with Crippen LogP contribution in [0.25, 0.3) is 11.0 Å². The van der Waals surface area contributed by atoms with Gasteiger partial charge in [0, 0.05) is 31.0 Å². The molecular formula is C16H19N5O2. The fraction of sp³-hybridized carbons (Fsp3) is 0.375. The van der Waals surface area contributed by atoms with Crippen molar-refractivity contribution >= 4 is 17.1 Å². The highest BCUT2D eigenvalue weighted by Crippen LogP contribution is 2.26. The monoisotopic (exact) mass is 313 g/mol. The van der Waals surface area contributed by atoms with Crippen LogP contribution < -0.4 is 16.3 Å². The van der Waals surface area contributed by atoms with E-state index in [1.54, 1.807) is 6.20 Å². The second-order valence-corrected chi connectivity index (χ2v) is 6.00. The molecule has 3 heterocycles. The highest BCUT2D eigenvalue weighted by Gasteiger charge is 2.25. The van der Waals surface area contributed by atoms with Gasteiger partial charge < -0.3 is 20.5 Å². The lowest BCUT2D eigenvalue weighted by Gasteiger charge is -2.36. The Balaban J connectivity index is 1.52. The van der Waals surface area contributed by atoms with Gasteiger partial charge in [-0.15, -0.1) is 0 Å². The standard InChI is InChI=1S/C16H19N5O2/c22-15-17-9-12(10-18-15)20-7-5-11(6-8-20)21-14-4-2-1-3-13(14)19-16(21)23/h1-4,9,11H,5-8,10H2,(H,19,23)(H2,17,18,22). The molecule has 23 heavy (non-hydrogen) atoms. The Kier molecular flexibility index (Phi) is 3.33. The van der Waals surface area contributed by atoms with Gasteiger partial charge in [0.1, 0.15) is 0 Å². The number of fused-ring (bicyclic) bond motifs is 1. The lowest BCUT2D eigenvalue weighted by Crippen LogP contribution is -2.45. The van der Waals surface area contributed by atoms with Crippen LogP contribution in [0.1, 0.15) is 18.9 Å². The van der Waals surface area contributed by atoms with E-state index in [9.17, 15) is 9.59 Å². The van der Waals surface area contributed by atoms with Crippen molar-refractivity contribution in [3.63, 3.8) is 0 Å². The Labute approximate surface area is 133 Å². The lowest BCUT2D eigenvalue weighted by molar-refractivity contribution is 0.215. The first-order valence-corrected chi connectivity index (χ1v) is 7.90. The zero-order valence-corrected chi connectivity index (χ0v) is 12.7. The average molecular weight is 313 g/mol. The van der Waals surface area contributed by atoms with Crippen LogP contribution in [0.3, 0.4) is 0 Å². The van der Waals surface area contributed by atoms with Crippen LogP contribution >= 0.6 is 0 Å².